The zero-order valence-electron chi connectivity index (χ0n) is 14.7. The first-order valence-electron chi connectivity index (χ1n) is 8.12. The molecule has 0 atom stereocenters. The lowest BCUT2D eigenvalue weighted by Gasteiger charge is -2.17. The van der Waals surface area contributed by atoms with E-state index in [-0.39, 0.29) is 11.0 Å². The molecule has 138 valence electrons. The van der Waals surface area contributed by atoms with Crippen molar-refractivity contribution in [2.45, 2.75) is 0 Å². The maximum atomic E-state index is 8.54. The Bertz CT molecular complexity index is 1010. The topological polar surface area (TPSA) is 109 Å². The molecular weight excluding hydrogens is 348 g/mol. The highest BCUT2D eigenvalue weighted by Crippen LogP contribution is 2.29. The number of hydrogen-bond acceptors (Lipinski definition) is 7. The summed E-state index contributed by atoms with van der Waals surface area (Å²) in [6.45, 7) is 0. The molecule has 27 heavy (non-hydrogen) atoms. The first-order valence-corrected chi connectivity index (χ1v) is 8.12. The third kappa shape index (κ3) is 2.70. The normalized spacial score (nSPS) is 12.1. The summed E-state index contributed by atoms with van der Waals surface area (Å²) in [5, 5.41) is 17.1. The van der Waals surface area contributed by atoms with E-state index in [9.17, 15) is 0 Å². The Kier molecular flexibility index (Phi) is 4.05. The number of ether oxygens (including phenoxy) is 2. The third-order valence-electron chi connectivity index (χ3n) is 4.30. The van der Waals surface area contributed by atoms with Gasteiger partial charge in [0.2, 0.25) is 0 Å². The summed E-state index contributed by atoms with van der Waals surface area (Å²) in [6, 6.07) is 14.4. The monoisotopic (exact) mass is 366 g/mol. The fraction of sp³-hybridized carbons (Fsp3) is 0.111. The summed E-state index contributed by atoms with van der Waals surface area (Å²) < 4.78 is 13.6. The first kappa shape index (κ1) is 16.7. The predicted octanol–water partition coefficient (Wildman–Crippen LogP) is 1.93. The van der Waals surface area contributed by atoms with Gasteiger partial charge in [-0.3, -0.25) is 20.0 Å². The second-order valence-corrected chi connectivity index (χ2v) is 5.77. The number of nitrogens with one attached hydrogen (secondary N) is 4. The quantitative estimate of drug-likeness (QED) is 0.564. The van der Waals surface area contributed by atoms with E-state index in [2.05, 4.69) is 11.0 Å². The van der Waals surface area contributed by atoms with Crippen LogP contribution in [0, 0.1) is 10.8 Å². The molecule has 4 N–H and O–H groups in total. The molecule has 1 aliphatic rings. The fourth-order valence-electron chi connectivity index (χ4n) is 2.94. The molecule has 4 rings (SSSR count). The van der Waals surface area contributed by atoms with E-state index in [1.165, 1.54) is 0 Å². The molecule has 9 heteroatoms. The van der Waals surface area contributed by atoms with E-state index in [1.54, 1.807) is 47.6 Å². The zero-order valence-corrected chi connectivity index (χ0v) is 14.7. The lowest BCUT2D eigenvalue weighted by Crippen LogP contribution is -2.41. The average Bonchev–Trinajstić information content (AvgIpc) is 3.18. The van der Waals surface area contributed by atoms with Crippen molar-refractivity contribution in [1.29, 1.82) is 10.8 Å². The number of nitrogens with zero attached hydrogens (tertiary/aromatic N) is 2. The van der Waals surface area contributed by atoms with Gasteiger partial charge in [-0.25, -0.2) is 11.0 Å². The number of fused-ring (bicyclic) bond motifs is 1. The largest absolute Gasteiger partial charge is 0.497 e. The molecule has 0 unspecified atom stereocenters. The third-order valence-corrected chi connectivity index (χ3v) is 4.30. The van der Waals surface area contributed by atoms with Crippen molar-refractivity contribution >= 4 is 11.6 Å². The van der Waals surface area contributed by atoms with Crippen molar-refractivity contribution in [2.24, 2.45) is 0 Å². The minimum Gasteiger partial charge on any atom is -0.497 e. The highest BCUT2D eigenvalue weighted by Gasteiger charge is 2.23. The molecule has 1 aliphatic heterocycles. The Hall–Kier alpha value is -3.72. The fourth-order valence-corrected chi connectivity index (χ4v) is 2.94. The lowest BCUT2D eigenvalue weighted by atomic mass is 10.2. The van der Waals surface area contributed by atoms with Crippen LogP contribution >= 0.6 is 0 Å². The van der Waals surface area contributed by atoms with Gasteiger partial charge in [0.1, 0.15) is 11.5 Å². The second kappa shape index (κ2) is 6.54. The molecule has 0 spiro atoms. The van der Waals surface area contributed by atoms with Crippen LogP contribution in [0.3, 0.4) is 0 Å². The molecule has 0 radical (unpaired) electrons. The van der Waals surface area contributed by atoms with Gasteiger partial charge in [-0.1, -0.05) is 0 Å². The summed E-state index contributed by atoms with van der Waals surface area (Å²) in [7, 11) is 3.19. The Balaban J connectivity index is 1.94. The minimum absolute atomic E-state index is 0.00506. The van der Waals surface area contributed by atoms with E-state index in [4.69, 9.17) is 25.2 Å². The van der Waals surface area contributed by atoms with E-state index >= 15 is 0 Å². The Morgan fingerprint density at radius 1 is 0.704 bits per heavy atom. The molecule has 0 saturated carbocycles. The van der Waals surface area contributed by atoms with Gasteiger partial charge in [0.15, 0.2) is 22.6 Å². The number of anilines is 2. The van der Waals surface area contributed by atoms with E-state index in [0.29, 0.717) is 34.5 Å². The maximum Gasteiger partial charge on any atom is 0.182 e. The van der Waals surface area contributed by atoms with Gasteiger partial charge in [-0.15, -0.1) is 0 Å². The number of hydrogen-bond donors (Lipinski definition) is 4. The number of rotatable bonds is 4. The highest BCUT2D eigenvalue weighted by atomic mass is 16.8. The van der Waals surface area contributed by atoms with Gasteiger partial charge in [0, 0.05) is 11.4 Å². The average molecular weight is 366 g/mol. The molecule has 3 aromatic rings. The molecular formula is C18H18N6O3. The van der Waals surface area contributed by atoms with Crippen molar-refractivity contribution in [3.8, 4) is 22.9 Å². The van der Waals surface area contributed by atoms with E-state index in [0.717, 1.165) is 0 Å². The number of aromatic nitrogens is 2. The summed E-state index contributed by atoms with van der Waals surface area (Å²) in [6.07, 6.45) is 0. The van der Waals surface area contributed by atoms with Crippen molar-refractivity contribution in [3.05, 3.63) is 59.5 Å². The number of methoxy groups -OCH3 is 2. The first-order chi connectivity index (χ1) is 13.1. The van der Waals surface area contributed by atoms with Crippen LogP contribution in [-0.2, 0) is 4.94 Å². The molecule has 0 saturated heterocycles. The lowest BCUT2D eigenvalue weighted by molar-refractivity contribution is 0.279. The van der Waals surface area contributed by atoms with Gasteiger partial charge in [-0.2, -0.15) is 4.94 Å². The molecule has 2 aromatic carbocycles. The molecule has 0 aliphatic carbocycles. The van der Waals surface area contributed by atoms with E-state index < -0.39 is 0 Å². The summed E-state index contributed by atoms with van der Waals surface area (Å²) in [5.41, 5.74) is 6.93. The van der Waals surface area contributed by atoms with Crippen LogP contribution in [0.2, 0.25) is 0 Å². The maximum absolute atomic E-state index is 8.54. The van der Waals surface area contributed by atoms with Crippen molar-refractivity contribution < 1.29 is 14.4 Å². The van der Waals surface area contributed by atoms with Crippen LogP contribution in [0.1, 0.15) is 0 Å². The van der Waals surface area contributed by atoms with Gasteiger partial charge >= 0.3 is 0 Å². The van der Waals surface area contributed by atoms with Crippen LogP contribution in [0.15, 0.2) is 48.5 Å². The van der Waals surface area contributed by atoms with Crippen LogP contribution in [0.25, 0.3) is 11.4 Å². The van der Waals surface area contributed by atoms with Crippen LogP contribution in [0.4, 0.5) is 11.6 Å². The van der Waals surface area contributed by atoms with Crippen molar-refractivity contribution in [3.63, 3.8) is 0 Å². The van der Waals surface area contributed by atoms with Crippen LogP contribution < -0.4 is 31.4 Å². The van der Waals surface area contributed by atoms with Crippen molar-refractivity contribution in [2.75, 3.05) is 25.2 Å². The van der Waals surface area contributed by atoms with Gasteiger partial charge in [0.25, 0.3) is 0 Å². The second-order valence-electron chi connectivity index (χ2n) is 5.77. The minimum atomic E-state index is -0.00506. The predicted molar refractivity (Wildman–Crippen MR) is 98.2 cm³/mol. The Labute approximate surface area is 154 Å². The van der Waals surface area contributed by atoms with Crippen molar-refractivity contribution in [1.82, 2.24) is 9.13 Å². The molecule has 0 fully saturated rings. The van der Waals surface area contributed by atoms with Gasteiger partial charge < -0.3 is 9.47 Å². The summed E-state index contributed by atoms with van der Waals surface area (Å²) >= 11 is 0. The van der Waals surface area contributed by atoms with Crippen LogP contribution in [-0.4, -0.2) is 23.4 Å². The molecule has 1 aromatic heterocycles. The van der Waals surface area contributed by atoms with Gasteiger partial charge in [0.05, 0.1) is 14.2 Å². The highest BCUT2D eigenvalue weighted by molar-refractivity contribution is 5.67. The van der Waals surface area contributed by atoms with Crippen LogP contribution in [0.5, 0.6) is 11.5 Å². The molecule has 0 amide bonds. The smallest absolute Gasteiger partial charge is 0.182 e. The molecule has 2 heterocycles. The summed E-state index contributed by atoms with van der Waals surface area (Å²) in [5.74, 6) is 2.44. The van der Waals surface area contributed by atoms with Gasteiger partial charge in [-0.05, 0) is 48.5 Å². The van der Waals surface area contributed by atoms with E-state index in [1.807, 2.05) is 24.3 Å². The zero-order chi connectivity index (χ0) is 19.0. The SMILES string of the molecule is COc1ccc(-n2c3c(n(-c4ccc(OC)cc4)c(=N)c2=N)NON3)cc1. The summed E-state index contributed by atoms with van der Waals surface area (Å²) in [4.78, 5) is 5.18. The standard InChI is InChI=1S/C18H18N6O3/c1-25-13-7-3-11(4-8-13)23-15(19)16(20)24(18-17(23)21-27-22-18)12-5-9-14(26-2)10-6-12/h3-10,19-22H,1-2H3. The Morgan fingerprint density at radius 3 is 1.41 bits per heavy atom. The molecule has 0 bridgehead atoms. The molecule has 9 nitrogen and oxygen atoms in total. The number of benzene rings is 2. The Morgan fingerprint density at radius 2 is 1.07 bits per heavy atom.